The molecule has 0 heterocycles. The predicted octanol–water partition coefficient (Wildman–Crippen LogP) is -1.47. The number of alkyl halides is 1. The van der Waals surface area contributed by atoms with E-state index in [-0.39, 0.29) is 0 Å². The van der Waals surface area contributed by atoms with Crippen molar-refractivity contribution in [3.8, 4) is 0 Å². The van der Waals surface area contributed by atoms with Gasteiger partial charge < -0.3 is 21.3 Å². The van der Waals surface area contributed by atoms with E-state index in [4.69, 9.17) is 15.9 Å². The third-order valence-electron chi connectivity index (χ3n) is 1.93. The maximum Gasteiger partial charge on any atom is 0.252 e. The number of halogens is 1. The van der Waals surface area contributed by atoms with Crippen molar-refractivity contribution in [2.75, 3.05) is 6.54 Å². The van der Waals surface area contributed by atoms with Crippen LogP contribution in [-0.4, -0.2) is 47.1 Å². The molecular formula is C8H17FN2O3. The van der Waals surface area contributed by atoms with Gasteiger partial charge in [-0.3, -0.25) is 4.79 Å². The normalized spacial score (nSPS) is 19.6. The summed E-state index contributed by atoms with van der Waals surface area (Å²) >= 11 is 0. The first-order valence-corrected chi connectivity index (χ1v) is 4.40. The SMILES string of the molecule is CC(O)C(C)NC(=O)C(O)C(F)CN. The molecule has 0 spiro atoms. The van der Waals surface area contributed by atoms with Crippen LogP contribution in [-0.2, 0) is 4.79 Å². The van der Waals surface area contributed by atoms with Crippen LogP contribution in [0.3, 0.4) is 0 Å². The molecule has 0 bridgehead atoms. The topological polar surface area (TPSA) is 95.6 Å². The number of aliphatic hydroxyl groups excluding tert-OH is 2. The van der Waals surface area contributed by atoms with Gasteiger partial charge in [0, 0.05) is 6.54 Å². The first-order valence-electron chi connectivity index (χ1n) is 4.40. The molecule has 4 unspecified atom stereocenters. The van der Waals surface area contributed by atoms with Crippen LogP contribution in [0.1, 0.15) is 13.8 Å². The van der Waals surface area contributed by atoms with Crippen molar-refractivity contribution in [2.24, 2.45) is 5.73 Å². The summed E-state index contributed by atoms with van der Waals surface area (Å²) in [5, 5.41) is 20.4. The average Bonchev–Trinajstić information content (AvgIpc) is 2.14. The molecule has 0 rings (SSSR count). The van der Waals surface area contributed by atoms with Crippen molar-refractivity contribution in [3.05, 3.63) is 0 Å². The number of rotatable bonds is 5. The number of carbonyl (C=O) groups is 1. The van der Waals surface area contributed by atoms with E-state index in [0.29, 0.717) is 0 Å². The molecule has 0 aliphatic rings. The van der Waals surface area contributed by atoms with Gasteiger partial charge in [-0.05, 0) is 13.8 Å². The van der Waals surface area contributed by atoms with Crippen LogP contribution < -0.4 is 11.1 Å². The highest BCUT2D eigenvalue weighted by molar-refractivity contribution is 5.81. The Kier molecular flexibility index (Phi) is 5.59. The van der Waals surface area contributed by atoms with Gasteiger partial charge in [0.05, 0.1) is 12.1 Å². The zero-order chi connectivity index (χ0) is 11.3. The van der Waals surface area contributed by atoms with Gasteiger partial charge in [0.15, 0.2) is 6.10 Å². The molecule has 0 aromatic heterocycles. The highest BCUT2D eigenvalue weighted by Crippen LogP contribution is 1.99. The minimum absolute atomic E-state index is 0.419. The molecule has 0 aliphatic heterocycles. The van der Waals surface area contributed by atoms with Crippen LogP contribution in [0, 0.1) is 0 Å². The quantitative estimate of drug-likeness (QED) is 0.443. The second kappa shape index (κ2) is 5.90. The molecule has 0 aromatic carbocycles. The first-order chi connectivity index (χ1) is 6.40. The Balaban J connectivity index is 4.07. The fourth-order valence-corrected chi connectivity index (χ4v) is 0.724. The van der Waals surface area contributed by atoms with E-state index in [1.54, 1.807) is 6.92 Å². The lowest BCUT2D eigenvalue weighted by Crippen LogP contribution is -2.48. The van der Waals surface area contributed by atoms with E-state index >= 15 is 0 Å². The fourth-order valence-electron chi connectivity index (χ4n) is 0.724. The second-order valence-corrected chi connectivity index (χ2v) is 3.23. The van der Waals surface area contributed by atoms with Crippen molar-refractivity contribution in [1.82, 2.24) is 5.32 Å². The minimum Gasteiger partial charge on any atom is -0.391 e. The molecule has 0 radical (unpaired) electrons. The molecule has 6 heteroatoms. The lowest BCUT2D eigenvalue weighted by Gasteiger charge is -2.20. The molecule has 0 aliphatic carbocycles. The third kappa shape index (κ3) is 3.99. The monoisotopic (exact) mass is 208 g/mol. The molecule has 4 atom stereocenters. The van der Waals surface area contributed by atoms with Gasteiger partial charge in [-0.2, -0.15) is 0 Å². The van der Waals surface area contributed by atoms with Gasteiger partial charge in [0.25, 0.3) is 5.91 Å². The molecular weight excluding hydrogens is 191 g/mol. The van der Waals surface area contributed by atoms with E-state index in [9.17, 15) is 9.18 Å². The average molecular weight is 208 g/mol. The number of nitrogens with one attached hydrogen (secondary N) is 1. The number of hydrogen-bond acceptors (Lipinski definition) is 4. The number of nitrogens with two attached hydrogens (primary N) is 1. The van der Waals surface area contributed by atoms with E-state index in [1.165, 1.54) is 6.92 Å². The van der Waals surface area contributed by atoms with Crippen LogP contribution >= 0.6 is 0 Å². The van der Waals surface area contributed by atoms with Crippen molar-refractivity contribution >= 4 is 5.91 Å². The van der Waals surface area contributed by atoms with Crippen LogP contribution in [0.2, 0.25) is 0 Å². The number of amides is 1. The molecule has 0 saturated carbocycles. The van der Waals surface area contributed by atoms with Crippen molar-refractivity contribution in [3.63, 3.8) is 0 Å². The van der Waals surface area contributed by atoms with Gasteiger partial charge in [-0.15, -0.1) is 0 Å². The molecule has 0 aromatic rings. The van der Waals surface area contributed by atoms with E-state index in [0.717, 1.165) is 0 Å². The largest absolute Gasteiger partial charge is 0.391 e. The Bertz CT molecular complexity index is 189. The molecule has 1 amide bonds. The molecule has 0 fully saturated rings. The summed E-state index contributed by atoms with van der Waals surface area (Å²) in [6, 6.07) is -0.540. The first kappa shape index (κ1) is 13.3. The minimum atomic E-state index is -1.78. The second-order valence-electron chi connectivity index (χ2n) is 3.23. The lowest BCUT2D eigenvalue weighted by molar-refractivity contribution is -0.133. The van der Waals surface area contributed by atoms with Crippen LogP contribution in [0.15, 0.2) is 0 Å². The van der Waals surface area contributed by atoms with Gasteiger partial charge in [0.2, 0.25) is 0 Å². The highest BCUT2D eigenvalue weighted by atomic mass is 19.1. The lowest BCUT2D eigenvalue weighted by atomic mass is 10.1. The van der Waals surface area contributed by atoms with Crippen LogP contribution in [0.4, 0.5) is 4.39 Å². The zero-order valence-corrected chi connectivity index (χ0v) is 8.27. The van der Waals surface area contributed by atoms with Crippen LogP contribution in [0.25, 0.3) is 0 Å². The summed E-state index contributed by atoms with van der Waals surface area (Å²) in [6.45, 7) is 2.61. The zero-order valence-electron chi connectivity index (χ0n) is 8.27. The standard InChI is InChI=1S/C8H17FN2O3/c1-4(5(2)12)11-8(14)7(13)6(9)3-10/h4-7,12-13H,3,10H2,1-2H3,(H,11,14). The Morgan fingerprint density at radius 1 is 1.50 bits per heavy atom. The number of hydrogen-bond donors (Lipinski definition) is 4. The van der Waals surface area contributed by atoms with Gasteiger partial charge >= 0.3 is 0 Å². The van der Waals surface area contributed by atoms with Gasteiger partial charge in [-0.1, -0.05) is 0 Å². The third-order valence-corrected chi connectivity index (χ3v) is 1.93. The smallest absolute Gasteiger partial charge is 0.252 e. The maximum absolute atomic E-state index is 12.7. The number of carbonyl (C=O) groups excluding carboxylic acids is 1. The summed E-state index contributed by atoms with van der Waals surface area (Å²) in [4.78, 5) is 11.1. The van der Waals surface area contributed by atoms with E-state index in [1.807, 2.05) is 0 Å². The Morgan fingerprint density at radius 2 is 2.00 bits per heavy atom. The molecule has 14 heavy (non-hydrogen) atoms. The molecule has 5 nitrogen and oxygen atoms in total. The van der Waals surface area contributed by atoms with E-state index < -0.39 is 36.9 Å². The summed E-state index contributed by atoms with van der Waals surface area (Å²) < 4.78 is 12.7. The highest BCUT2D eigenvalue weighted by Gasteiger charge is 2.26. The van der Waals surface area contributed by atoms with Gasteiger partial charge in [0.1, 0.15) is 6.17 Å². The molecule has 5 N–H and O–H groups in total. The molecule has 84 valence electrons. The van der Waals surface area contributed by atoms with Crippen LogP contribution in [0.5, 0.6) is 0 Å². The Morgan fingerprint density at radius 3 is 2.36 bits per heavy atom. The fraction of sp³-hybridized carbons (Fsp3) is 0.875. The Hall–Kier alpha value is -0.720. The summed E-state index contributed by atoms with van der Waals surface area (Å²) in [5.41, 5.74) is 4.94. The summed E-state index contributed by atoms with van der Waals surface area (Å²) in [7, 11) is 0. The van der Waals surface area contributed by atoms with Crippen molar-refractivity contribution in [1.29, 1.82) is 0 Å². The summed E-state index contributed by atoms with van der Waals surface area (Å²) in [6.07, 6.45) is -4.32. The summed E-state index contributed by atoms with van der Waals surface area (Å²) in [5.74, 6) is -0.864. The van der Waals surface area contributed by atoms with Crippen molar-refractivity contribution < 1.29 is 19.4 Å². The Labute approximate surface area is 82.1 Å². The number of aliphatic hydroxyl groups is 2. The molecule has 0 saturated heterocycles. The van der Waals surface area contributed by atoms with E-state index in [2.05, 4.69) is 5.32 Å². The van der Waals surface area contributed by atoms with Gasteiger partial charge in [-0.25, -0.2) is 4.39 Å². The maximum atomic E-state index is 12.7. The van der Waals surface area contributed by atoms with Crippen molar-refractivity contribution in [2.45, 2.75) is 38.3 Å². The predicted molar refractivity (Wildman–Crippen MR) is 49.2 cm³/mol.